The summed E-state index contributed by atoms with van der Waals surface area (Å²) in [4.78, 5) is 12.0. The van der Waals surface area contributed by atoms with Crippen LogP contribution in [0.25, 0.3) is 0 Å². The largest absolute Gasteiger partial charge is 0.302 e. The predicted octanol–water partition coefficient (Wildman–Crippen LogP) is 3.90. The molecule has 4 nitrogen and oxygen atoms in total. The van der Waals surface area contributed by atoms with Crippen LogP contribution in [0.4, 0.5) is 0 Å². The fourth-order valence-corrected chi connectivity index (χ4v) is 3.11. The van der Waals surface area contributed by atoms with Gasteiger partial charge < -0.3 is 5.32 Å². The Kier molecular flexibility index (Phi) is 5.99. The topological polar surface area (TPSA) is 53.8 Å². The smallest absolute Gasteiger partial charge is 0.244 e. The molecule has 1 aromatic rings. The van der Waals surface area contributed by atoms with Gasteiger partial charge in [-0.15, -0.1) is 5.10 Å². The first-order chi connectivity index (χ1) is 10.2. The minimum atomic E-state index is -0.221. The van der Waals surface area contributed by atoms with Crippen molar-refractivity contribution in [3.05, 3.63) is 35.9 Å². The summed E-state index contributed by atoms with van der Waals surface area (Å²) in [7, 11) is 0. The Bertz CT molecular complexity index is 532. The summed E-state index contributed by atoms with van der Waals surface area (Å²) in [5, 5.41) is 11.7. The minimum Gasteiger partial charge on any atom is -0.302 e. The number of benzene rings is 1. The first-order valence-electron chi connectivity index (χ1n) is 7.40. The number of rotatable bonds is 6. The lowest BCUT2D eigenvalue weighted by Gasteiger charge is -2.03. The molecular formula is C16H21N3OS. The van der Waals surface area contributed by atoms with Crippen molar-refractivity contribution < 1.29 is 4.79 Å². The zero-order valence-electron chi connectivity index (χ0n) is 12.5. The van der Waals surface area contributed by atoms with Gasteiger partial charge >= 0.3 is 0 Å². The Morgan fingerprint density at radius 3 is 2.48 bits per heavy atom. The third-order valence-corrected chi connectivity index (χ3v) is 4.29. The van der Waals surface area contributed by atoms with Crippen molar-refractivity contribution in [3.63, 3.8) is 0 Å². The molecule has 0 spiro atoms. The van der Waals surface area contributed by atoms with E-state index in [1.807, 2.05) is 30.3 Å². The lowest BCUT2D eigenvalue weighted by Crippen LogP contribution is -2.21. The van der Waals surface area contributed by atoms with Crippen LogP contribution in [-0.4, -0.2) is 16.8 Å². The van der Waals surface area contributed by atoms with Gasteiger partial charge in [-0.1, -0.05) is 68.8 Å². The molecule has 0 aromatic heterocycles. The number of nitrogens with zero attached hydrogens (tertiary/aromatic N) is 2. The van der Waals surface area contributed by atoms with Crippen molar-refractivity contribution in [1.82, 2.24) is 5.32 Å². The molecule has 1 N–H and O–H groups in total. The first-order valence-corrected chi connectivity index (χ1v) is 8.28. The van der Waals surface area contributed by atoms with Gasteiger partial charge in [0.25, 0.3) is 0 Å². The summed E-state index contributed by atoms with van der Waals surface area (Å²) in [6.45, 7) is 4.27. The van der Waals surface area contributed by atoms with Crippen LogP contribution in [-0.2, 0) is 4.79 Å². The molecule has 1 aromatic carbocycles. The zero-order chi connectivity index (χ0) is 15.1. The zero-order valence-corrected chi connectivity index (χ0v) is 13.3. The Morgan fingerprint density at radius 1 is 1.19 bits per heavy atom. The number of carbonyl (C=O) groups excluding carboxylic acids is 1. The lowest BCUT2D eigenvalue weighted by atomic mass is 10.1. The van der Waals surface area contributed by atoms with Gasteiger partial charge in [-0.05, 0) is 18.4 Å². The predicted molar refractivity (Wildman–Crippen MR) is 89.6 cm³/mol. The molecule has 2 rings (SSSR count). The fraction of sp³-hybridized carbons (Fsp3) is 0.438. The maximum absolute atomic E-state index is 12.0. The average molecular weight is 303 g/mol. The normalized spacial score (nSPS) is 19.6. The van der Waals surface area contributed by atoms with E-state index in [1.54, 1.807) is 0 Å². The monoisotopic (exact) mass is 303 g/mol. The fourth-order valence-electron chi connectivity index (χ4n) is 2.18. The van der Waals surface area contributed by atoms with Gasteiger partial charge in [0.15, 0.2) is 5.17 Å². The van der Waals surface area contributed by atoms with Crippen molar-refractivity contribution in [2.45, 2.75) is 44.8 Å². The second-order valence-electron chi connectivity index (χ2n) is 4.97. The molecule has 0 aliphatic carbocycles. The average Bonchev–Trinajstić information content (AvgIpc) is 2.87. The molecular weight excluding hydrogens is 282 g/mol. The number of nitrogens with one attached hydrogen (secondary N) is 1. The molecule has 1 unspecified atom stereocenters. The molecule has 0 bridgehead atoms. The summed E-state index contributed by atoms with van der Waals surface area (Å²) >= 11 is 1.43. The summed E-state index contributed by atoms with van der Waals surface area (Å²) in [6, 6.07) is 9.75. The molecule has 112 valence electrons. The number of carbonyl (C=O) groups is 1. The maximum atomic E-state index is 12.0. The van der Waals surface area contributed by atoms with Gasteiger partial charge in [-0.25, -0.2) is 0 Å². The van der Waals surface area contributed by atoms with Gasteiger partial charge in [-0.2, -0.15) is 5.10 Å². The first kappa shape index (κ1) is 15.8. The molecule has 1 aliphatic rings. The number of hydrogen-bond donors (Lipinski definition) is 1. The van der Waals surface area contributed by atoms with Crippen LogP contribution in [0, 0.1) is 0 Å². The van der Waals surface area contributed by atoms with E-state index < -0.39 is 0 Å². The molecule has 1 aliphatic heterocycles. The highest BCUT2D eigenvalue weighted by Gasteiger charge is 2.31. The van der Waals surface area contributed by atoms with E-state index >= 15 is 0 Å². The van der Waals surface area contributed by atoms with Gasteiger partial charge in [0.2, 0.25) is 5.91 Å². The van der Waals surface area contributed by atoms with Crippen molar-refractivity contribution in [1.29, 1.82) is 0 Å². The summed E-state index contributed by atoms with van der Waals surface area (Å²) in [6.07, 6.45) is 4.06. The summed E-state index contributed by atoms with van der Waals surface area (Å²) < 4.78 is 0. The van der Waals surface area contributed by atoms with E-state index in [1.165, 1.54) is 11.8 Å². The van der Waals surface area contributed by atoms with Crippen molar-refractivity contribution >= 4 is 28.5 Å². The van der Waals surface area contributed by atoms with Crippen LogP contribution in [0.2, 0.25) is 0 Å². The van der Waals surface area contributed by atoms with E-state index in [0.717, 1.165) is 37.0 Å². The standard InChI is InChI=1S/C16H21N3OS/c1-3-8-13(9-4-2)18-19-16-17-15(20)14(21-16)12-10-6-5-7-11-12/h5-7,10-11,14H,3-4,8-9H2,1-2H3,(H,17,19,20). The molecule has 0 saturated carbocycles. The van der Waals surface area contributed by atoms with E-state index in [0.29, 0.717) is 5.17 Å². The third kappa shape index (κ3) is 4.43. The number of thioether (sulfide) groups is 1. The van der Waals surface area contributed by atoms with Crippen molar-refractivity contribution in [2.75, 3.05) is 0 Å². The second kappa shape index (κ2) is 7.98. The van der Waals surface area contributed by atoms with Crippen LogP contribution < -0.4 is 5.32 Å². The van der Waals surface area contributed by atoms with Crippen molar-refractivity contribution in [2.24, 2.45) is 10.2 Å². The Labute approximate surface area is 130 Å². The van der Waals surface area contributed by atoms with Crippen LogP contribution in [0.15, 0.2) is 40.5 Å². The quantitative estimate of drug-likeness (QED) is 0.640. The molecule has 1 amide bonds. The highest BCUT2D eigenvalue weighted by molar-refractivity contribution is 8.15. The number of hydrogen-bond acceptors (Lipinski definition) is 4. The van der Waals surface area contributed by atoms with Gasteiger partial charge in [-0.3, -0.25) is 4.79 Å². The molecule has 1 fully saturated rings. The van der Waals surface area contributed by atoms with Gasteiger partial charge in [0.1, 0.15) is 5.25 Å². The summed E-state index contributed by atoms with van der Waals surface area (Å²) in [5.74, 6) is -0.0207. The van der Waals surface area contributed by atoms with Crippen LogP contribution in [0.3, 0.4) is 0 Å². The van der Waals surface area contributed by atoms with E-state index in [-0.39, 0.29) is 11.2 Å². The van der Waals surface area contributed by atoms with Gasteiger partial charge in [0.05, 0.1) is 0 Å². The SMILES string of the molecule is CCCC(CCC)=NN=C1NC(=O)C(c2ccccc2)S1. The number of amidine groups is 1. The molecule has 0 radical (unpaired) electrons. The molecule has 1 saturated heterocycles. The molecule has 1 atom stereocenters. The maximum Gasteiger partial charge on any atom is 0.244 e. The number of amides is 1. The van der Waals surface area contributed by atoms with Crippen LogP contribution >= 0.6 is 11.8 Å². The third-order valence-electron chi connectivity index (χ3n) is 3.16. The molecule has 5 heteroatoms. The highest BCUT2D eigenvalue weighted by Crippen LogP contribution is 2.34. The lowest BCUT2D eigenvalue weighted by molar-refractivity contribution is -0.118. The van der Waals surface area contributed by atoms with E-state index in [9.17, 15) is 4.79 Å². The van der Waals surface area contributed by atoms with Crippen LogP contribution in [0.1, 0.15) is 50.3 Å². The Balaban J connectivity index is 2.08. The summed E-state index contributed by atoms with van der Waals surface area (Å²) in [5.41, 5.74) is 2.10. The Morgan fingerprint density at radius 2 is 1.86 bits per heavy atom. The molecule has 21 heavy (non-hydrogen) atoms. The minimum absolute atomic E-state index is 0.0207. The Hall–Kier alpha value is -1.62. The van der Waals surface area contributed by atoms with E-state index in [4.69, 9.17) is 0 Å². The highest BCUT2D eigenvalue weighted by atomic mass is 32.2. The molecule has 1 heterocycles. The van der Waals surface area contributed by atoms with Gasteiger partial charge in [0, 0.05) is 5.71 Å². The van der Waals surface area contributed by atoms with E-state index in [2.05, 4.69) is 29.4 Å². The second-order valence-corrected chi connectivity index (χ2v) is 6.06. The van der Waals surface area contributed by atoms with Crippen molar-refractivity contribution in [3.8, 4) is 0 Å². The van der Waals surface area contributed by atoms with Crippen LogP contribution in [0.5, 0.6) is 0 Å².